The summed E-state index contributed by atoms with van der Waals surface area (Å²) in [6.45, 7) is 1.50. The lowest BCUT2D eigenvalue weighted by atomic mass is 10.2. The summed E-state index contributed by atoms with van der Waals surface area (Å²) in [4.78, 5) is 15.9. The lowest BCUT2D eigenvalue weighted by Crippen LogP contribution is -2.30. The number of rotatable bonds is 2. The molecule has 0 aliphatic carbocycles. The summed E-state index contributed by atoms with van der Waals surface area (Å²) >= 11 is 0.946. The molecular formula is C10H6F3N3O4S2. The summed E-state index contributed by atoms with van der Waals surface area (Å²) in [5, 5.41) is 9.30. The van der Waals surface area contributed by atoms with E-state index in [0.29, 0.717) is 5.01 Å². The molecule has 0 saturated heterocycles. The van der Waals surface area contributed by atoms with E-state index in [2.05, 4.69) is 9.17 Å². The minimum Gasteiger partial charge on any atom is -0.372 e. The average Bonchev–Trinajstić information content (AvgIpc) is 2.77. The van der Waals surface area contributed by atoms with Crippen LogP contribution in [0.3, 0.4) is 0 Å². The van der Waals surface area contributed by atoms with Crippen LogP contribution in [-0.4, -0.2) is 23.5 Å². The van der Waals surface area contributed by atoms with Gasteiger partial charge in [0.1, 0.15) is 16.4 Å². The van der Waals surface area contributed by atoms with E-state index in [9.17, 15) is 26.4 Å². The third-order valence-corrected chi connectivity index (χ3v) is 4.57. The lowest BCUT2D eigenvalue weighted by Gasteiger charge is -2.11. The van der Waals surface area contributed by atoms with E-state index in [-0.39, 0.29) is 10.3 Å². The number of halogens is 3. The molecule has 0 atom stereocenters. The Labute approximate surface area is 125 Å². The second-order valence-electron chi connectivity index (χ2n) is 4.05. The summed E-state index contributed by atoms with van der Waals surface area (Å²) in [6, 6.07) is 1.35. The molecule has 0 radical (unpaired) electrons. The van der Waals surface area contributed by atoms with Gasteiger partial charge in [0.05, 0.1) is 5.01 Å². The molecule has 22 heavy (non-hydrogen) atoms. The molecule has 118 valence electrons. The maximum Gasteiger partial charge on any atom is 0.534 e. The highest BCUT2D eigenvalue weighted by atomic mass is 32.2. The highest BCUT2D eigenvalue weighted by Gasteiger charge is 2.49. The minimum absolute atomic E-state index is 0.0916. The van der Waals surface area contributed by atoms with Crippen molar-refractivity contribution in [2.45, 2.75) is 12.4 Å². The summed E-state index contributed by atoms with van der Waals surface area (Å²) in [7, 11) is -4.75. The van der Waals surface area contributed by atoms with Gasteiger partial charge in [-0.15, -0.1) is 11.3 Å². The zero-order chi connectivity index (χ0) is 16.9. The van der Waals surface area contributed by atoms with Crippen molar-refractivity contribution < 1.29 is 25.8 Å². The zero-order valence-electron chi connectivity index (χ0n) is 10.9. The second-order valence-corrected chi connectivity index (χ2v) is 6.77. The standard InChI is InChI=1S/C10H6F3N3O4S2/c1-4-15-6-7(20-22(18,19)10(11,12)13)5(3-14)8(17)16(2)9(6)21-4/h1-2H3. The maximum atomic E-state index is 12.4. The predicted molar refractivity (Wildman–Crippen MR) is 69.9 cm³/mol. The van der Waals surface area contributed by atoms with E-state index < -0.39 is 32.5 Å². The van der Waals surface area contributed by atoms with E-state index in [1.165, 1.54) is 20.0 Å². The van der Waals surface area contributed by atoms with Gasteiger partial charge in [-0.2, -0.15) is 26.9 Å². The number of nitriles is 1. The Morgan fingerprint density at radius 3 is 2.50 bits per heavy atom. The van der Waals surface area contributed by atoms with Gasteiger partial charge in [0, 0.05) is 7.05 Å². The van der Waals surface area contributed by atoms with Crippen molar-refractivity contribution in [1.29, 1.82) is 5.26 Å². The van der Waals surface area contributed by atoms with Crippen LogP contribution in [0.5, 0.6) is 5.75 Å². The lowest BCUT2D eigenvalue weighted by molar-refractivity contribution is -0.0499. The highest BCUT2D eigenvalue weighted by molar-refractivity contribution is 7.88. The Morgan fingerprint density at radius 2 is 2.00 bits per heavy atom. The fraction of sp³-hybridized carbons (Fsp3) is 0.300. The van der Waals surface area contributed by atoms with E-state index >= 15 is 0 Å². The first-order valence-corrected chi connectivity index (χ1v) is 7.63. The van der Waals surface area contributed by atoms with Crippen LogP contribution >= 0.6 is 11.3 Å². The number of nitrogens with zero attached hydrogens (tertiary/aromatic N) is 3. The fourth-order valence-corrected chi connectivity index (χ4v) is 2.95. The molecule has 2 rings (SSSR count). The maximum absolute atomic E-state index is 12.4. The topological polar surface area (TPSA) is 102 Å². The number of thiazole rings is 1. The molecule has 0 fully saturated rings. The number of hydrogen-bond acceptors (Lipinski definition) is 7. The van der Waals surface area contributed by atoms with Crippen LogP contribution in [0.4, 0.5) is 13.2 Å². The third kappa shape index (κ3) is 2.42. The van der Waals surface area contributed by atoms with Crippen LogP contribution in [0.25, 0.3) is 10.3 Å². The van der Waals surface area contributed by atoms with Crippen molar-refractivity contribution in [3.63, 3.8) is 0 Å². The molecular weight excluding hydrogens is 347 g/mol. The van der Waals surface area contributed by atoms with Crippen molar-refractivity contribution in [1.82, 2.24) is 9.55 Å². The van der Waals surface area contributed by atoms with Gasteiger partial charge in [0.25, 0.3) is 5.56 Å². The number of pyridine rings is 1. The van der Waals surface area contributed by atoms with E-state index in [0.717, 1.165) is 15.9 Å². The molecule has 0 bridgehead atoms. The number of alkyl halides is 3. The zero-order valence-corrected chi connectivity index (χ0v) is 12.6. The SMILES string of the molecule is Cc1nc2c(OS(=O)(=O)C(F)(F)F)c(C#N)c(=O)n(C)c2s1. The molecule has 0 saturated carbocycles. The first-order valence-electron chi connectivity index (χ1n) is 5.40. The van der Waals surface area contributed by atoms with Gasteiger partial charge in [-0.05, 0) is 6.92 Å². The molecule has 0 spiro atoms. The van der Waals surface area contributed by atoms with Crippen LogP contribution in [-0.2, 0) is 17.2 Å². The van der Waals surface area contributed by atoms with Crippen molar-refractivity contribution >= 4 is 31.8 Å². The van der Waals surface area contributed by atoms with Crippen molar-refractivity contribution in [2.24, 2.45) is 7.05 Å². The number of aryl methyl sites for hydroxylation is 2. The van der Waals surface area contributed by atoms with Gasteiger partial charge in [0.15, 0.2) is 11.3 Å². The van der Waals surface area contributed by atoms with Crippen LogP contribution in [0, 0.1) is 18.3 Å². The minimum atomic E-state index is -6.03. The summed E-state index contributed by atoms with van der Waals surface area (Å²) < 4.78 is 64.6. The Hall–Kier alpha value is -2.13. The molecule has 0 aliphatic rings. The van der Waals surface area contributed by atoms with Crippen LogP contribution in [0.1, 0.15) is 10.6 Å². The Morgan fingerprint density at radius 1 is 1.41 bits per heavy atom. The molecule has 12 heteroatoms. The van der Waals surface area contributed by atoms with Gasteiger partial charge < -0.3 is 8.75 Å². The predicted octanol–water partition coefficient (Wildman–Crippen LogP) is 1.40. The Bertz CT molecular complexity index is 966. The van der Waals surface area contributed by atoms with E-state index in [4.69, 9.17) is 5.26 Å². The monoisotopic (exact) mass is 353 g/mol. The third-order valence-electron chi connectivity index (χ3n) is 2.57. The molecule has 0 N–H and O–H groups in total. The van der Waals surface area contributed by atoms with E-state index in [1.54, 1.807) is 0 Å². The number of aromatic nitrogens is 2. The largest absolute Gasteiger partial charge is 0.534 e. The first-order chi connectivity index (χ1) is 9.99. The van der Waals surface area contributed by atoms with Crippen molar-refractivity contribution in [3.8, 4) is 11.8 Å². The average molecular weight is 353 g/mol. The van der Waals surface area contributed by atoms with Gasteiger partial charge in [-0.3, -0.25) is 4.79 Å². The van der Waals surface area contributed by atoms with Crippen LogP contribution in [0.15, 0.2) is 4.79 Å². The van der Waals surface area contributed by atoms with Gasteiger partial charge in [0.2, 0.25) is 0 Å². The van der Waals surface area contributed by atoms with Gasteiger partial charge >= 0.3 is 15.6 Å². The number of fused-ring (bicyclic) bond motifs is 1. The molecule has 7 nitrogen and oxygen atoms in total. The second kappa shape index (κ2) is 4.96. The Balaban J connectivity index is 2.87. The van der Waals surface area contributed by atoms with Crippen LogP contribution < -0.4 is 9.74 Å². The molecule has 0 aromatic carbocycles. The van der Waals surface area contributed by atoms with E-state index in [1.807, 2.05) is 0 Å². The molecule has 0 amide bonds. The molecule has 2 aromatic heterocycles. The highest BCUT2D eigenvalue weighted by Crippen LogP contribution is 2.34. The quantitative estimate of drug-likeness (QED) is 0.597. The van der Waals surface area contributed by atoms with Gasteiger partial charge in [-0.25, -0.2) is 4.98 Å². The van der Waals surface area contributed by atoms with Gasteiger partial charge in [-0.1, -0.05) is 0 Å². The van der Waals surface area contributed by atoms with Crippen LogP contribution in [0.2, 0.25) is 0 Å². The van der Waals surface area contributed by atoms with Crippen molar-refractivity contribution in [2.75, 3.05) is 0 Å². The summed E-state index contributed by atoms with van der Waals surface area (Å²) in [5.74, 6) is -1.01. The molecule has 2 heterocycles. The van der Waals surface area contributed by atoms with Crippen molar-refractivity contribution in [3.05, 3.63) is 20.9 Å². The first kappa shape index (κ1) is 16.2. The summed E-state index contributed by atoms with van der Waals surface area (Å²) in [6.07, 6.45) is 0. The Kier molecular flexibility index (Phi) is 3.66. The fourth-order valence-electron chi connectivity index (χ4n) is 1.60. The molecule has 0 unspecified atom stereocenters. The molecule has 0 aliphatic heterocycles. The number of hydrogen-bond donors (Lipinski definition) is 0. The smallest absolute Gasteiger partial charge is 0.372 e. The summed E-state index contributed by atoms with van der Waals surface area (Å²) in [5.41, 5.74) is -7.84. The normalized spacial score (nSPS) is 12.4. The molecule has 2 aromatic rings.